The molecular weight excluding hydrogens is 522 g/mol. The van der Waals surface area contributed by atoms with Gasteiger partial charge in [-0.15, -0.1) is 0 Å². The molecule has 9 nitrogen and oxygen atoms in total. The number of fused-ring (bicyclic) bond motifs is 1. The smallest absolute Gasteiger partial charge is 0.411 e. The topological polar surface area (TPSA) is 116 Å². The van der Waals surface area contributed by atoms with Crippen molar-refractivity contribution in [2.45, 2.75) is 96.0 Å². The Morgan fingerprint density at radius 2 is 1.61 bits per heavy atom. The molecule has 4 rings (SSSR count). The minimum Gasteiger partial charge on any atom is -0.480 e. The predicted molar refractivity (Wildman–Crippen MR) is 154 cm³/mol. The summed E-state index contributed by atoms with van der Waals surface area (Å²) in [4.78, 5) is 56.0. The van der Waals surface area contributed by atoms with E-state index < -0.39 is 35.7 Å². The molecule has 1 fully saturated rings. The maximum Gasteiger partial charge on any atom is 0.411 e. The van der Waals surface area contributed by atoms with Gasteiger partial charge in [0.25, 0.3) is 0 Å². The second-order valence-corrected chi connectivity index (χ2v) is 12.0. The number of ether oxygens (including phenoxy) is 1. The van der Waals surface area contributed by atoms with Crippen LogP contribution in [0.4, 0.5) is 4.79 Å². The Morgan fingerprint density at radius 1 is 0.976 bits per heavy atom. The normalized spacial score (nSPS) is 18.1. The lowest BCUT2D eigenvalue weighted by Gasteiger charge is -2.41. The second-order valence-electron chi connectivity index (χ2n) is 12.0. The minimum absolute atomic E-state index is 0.130. The van der Waals surface area contributed by atoms with Crippen molar-refractivity contribution in [3.8, 4) is 0 Å². The first-order valence-electron chi connectivity index (χ1n) is 14.4. The molecule has 0 aromatic heterocycles. The number of carboxylic acid groups (broad SMARTS) is 1. The fourth-order valence-electron chi connectivity index (χ4n) is 5.67. The zero-order chi connectivity index (χ0) is 29.6. The van der Waals surface area contributed by atoms with Gasteiger partial charge in [-0.05, 0) is 50.3 Å². The molecule has 0 unspecified atom stereocenters. The third kappa shape index (κ3) is 8.08. The number of aliphatic carboxylic acids is 1. The molecule has 0 radical (unpaired) electrons. The van der Waals surface area contributed by atoms with Crippen LogP contribution in [0.25, 0.3) is 0 Å². The van der Waals surface area contributed by atoms with Crippen molar-refractivity contribution >= 4 is 23.9 Å². The molecule has 1 aliphatic heterocycles. The number of hydrogen-bond donors (Lipinski definition) is 2. The van der Waals surface area contributed by atoms with E-state index in [2.05, 4.69) is 5.32 Å². The molecule has 41 heavy (non-hydrogen) atoms. The summed E-state index contributed by atoms with van der Waals surface area (Å²) in [6.45, 7) is 5.30. The Balaban J connectivity index is 1.58. The zero-order valence-electron chi connectivity index (χ0n) is 24.2. The van der Waals surface area contributed by atoms with Crippen LogP contribution in [0.2, 0.25) is 0 Å². The maximum atomic E-state index is 14.3. The quantitative estimate of drug-likeness (QED) is 0.494. The Morgan fingerprint density at radius 3 is 2.24 bits per heavy atom. The highest BCUT2D eigenvalue weighted by Gasteiger charge is 2.41. The molecule has 2 aliphatic rings. The molecule has 2 aromatic rings. The van der Waals surface area contributed by atoms with Crippen LogP contribution < -0.4 is 5.32 Å². The Kier molecular flexibility index (Phi) is 9.68. The van der Waals surface area contributed by atoms with Crippen LogP contribution in [0.1, 0.15) is 69.6 Å². The van der Waals surface area contributed by atoms with Crippen LogP contribution in [-0.2, 0) is 38.5 Å². The Hall–Kier alpha value is -3.88. The zero-order valence-corrected chi connectivity index (χ0v) is 24.2. The Bertz CT molecular complexity index is 1240. The minimum atomic E-state index is -1.14. The number of benzene rings is 2. The molecule has 0 bridgehead atoms. The predicted octanol–water partition coefficient (Wildman–Crippen LogP) is 4.32. The average Bonchev–Trinajstić information content (AvgIpc) is 2.94. The van der Waals surface area contributed by atoms with E-state index in [0.717, 1.165) is 48.8 Å². The summed E-state index contributed by atoms with van der Waals surface area (Å²) in [5.41, 5.74) is 1.98. The molecule has 220 valence electrons. The summed E-state index contributed by atoms with van der Waals surface area (Å²) in [6.07, 6.45) is 4.30. The van der Waals surface area contributed by atoms with Crippen molar-refractivity contribution in [2.75, 3.05) is 6.54 Å². The Labute approximate surface area is 241 Å². The van der Waals surface area contributed by atoms with Gasteiger partial charge in [0.1, 0.15) is 17.7 Å². The SMILES string of the molecule is CC(C)(C)OC(=O)N1Cc2ccccc2C[C@H]1C(=O)N(CC(=O)N[C@@H](Cc1ccccc1)C(=O)O)C1CCCCC1. The number of rotatable bonds is 8. The molecule has 9 heteroatoms. The summed E-state index contributed by atoms with van der Waals surface area (Å²) >= 11 is 0. The first kappa shape index (κ1) is 30.1. The fraction of sp³-hybridized carbons (Fsp3) is 0.500. The van der Waals surface area contributed by atoms with Crippen molar-refractivity contribution in [2.24, 2.45) is 0 Å². The van der Waals surface area contributed by atoms with Gasteiger partial charge < -0.3 is 20.1 Å². The molecule has 0 spiro atoms. The number of nitrogens with one attached hydrogen (secondary N) is 1. The largest absolute Gasteiger partial charge is 0.480 e. The van der Waals surface area contributed by atoms with Gasteiger partial charge in [0.05, 0.1) is 13.1 Å². The van der Waals surface area contributed by atoms with Crippen LogP contribution in [0, 0.1) is 0 Å². The molecule has 3 amide bonds. The second kappa shape index (κ2) is 13.2. The number of nitrogens with zero attached hydrogens (tertiary/aromatic N) is 2. The first-order valence-corrected chi connectivity index (χ1v) is 14.4. The third-order valence-electron chi connectivity index (χ3n) is 7.69. The molecule has 0 saturated heterocycles. The van der Waals surface area contributed by atoms with Gasteiger partial charge in [-0.25, -0.2) is 9.59 Å². The van der Waals surface area contributed by atoms with Crippen molar-refractivity contribution in [3.05, 3.63) is 71.3 Å². The molecule has 1 saturated carbocycles. The van der Waals surface area contributed by atoms with Gasteiger partial charge in [0.2, 0.25) is 11.8 Å². The van der Waals surface area contributed by atoms with E-state index in [1.807, 2.05) is 54.6 Å². The van der Waals surface area contributed by atoms with E-state index in [1.54, 1.807) is 25.7 Å². The molecule has 2 atom stereocenters. The van der Waals surface area contributed by atoms with E-state index >= 15 is 0 Å². The maximum absolute atomic E-state index is 14.3. The number of amides is 3. The van der Waals surface area contributed by atoms with Crippen LogP contribution >= 0.6 is 0 Å². The standard InChI is InChI=1S/C32H41N3O6/c1-32(2,3)41-31(40)35-20-24-15-11-10-14-23(24)19-27(35)29(37)34(25-16-8-5-9-17-25)21-28(36)33-26(30(38)39)18-22-12-6-4-7-13-22/h4,6-7,10-15,25-27H,5,8-9,16-21H2,1-3H3,(H,33,36)(H,38,39)/t26-,27-/m0/s1. The molecule has 2 N–H and O–H groups in total. The highest BCUT2D eigenvalue weighted by atomic mass is 16.6. The summed E-state index contributed by atoms with van der Waals surface area (Å²) in [6, 6.07) is 14.7. The lowest BCUT2D eigenvalue weighted by molar-refractivity contribution is -0.145. The van der Waals surface area contributed by atoms with E-state index in [1.165, 1.54) is 4.90 Å². The number of carbonyl (C=O) groups excluding carboxylic acids is 3. The molecular formula is C32H41N3O6. The van der Waals surface area contributed by atoms with Crippen LogP contribution in [-0.4, -0.2) is 69.1 Å². The average molecular weight is 564 g/mol. The van der Waals surface area contributed by atoms with Crippen LogP contribution in [0.5, 0.6) is 0 Å². The fourth-order valence-corrected chi connectivity index (χ4v) is 5.67. The lowest BCUT2D eigenvalue weighted by Crippen LogP contribution is -2.58. The van der Waals surface area contributed by atoms with Crippen molar-refractivity contribution in [1.82, 2.24) is 15.1 Å². The van der Waals surface area contributed by atoms with E-state index in [4.69, 9.17) is 4.74 Å². The number of carbonyl (C=O) groups is 4. The monoisotopic (exact) mass is 563 g/mol. The summed E-state index contributed by atoms with van der Waals surface area (Å²) in [7, 11) is 0. The van der Waals surface area contributed by atoms with Gasteiger partial charge in [0, 0.05) is 18.9 Å². The molecule has 1 aliphatic carbocycles. The van der Waals surface area contributed by atoms with Crippen molar-refractivity contribution in [1.29, 1.82) is 0 Å². The van der Waals surface area contributed by atoms with E-state index in [9.17, 15) is 24.3 Å². The van der Waals surface area contributed by atoms with Gasteiger partial charge in [-0.1, -0.05) is 73.9 Å². The third-order valence-corrected chi connectivity index (χ3v) is 7.69. The molecule has 2 aromatic carbocycles. The lowest BCUT2D eigenvalue weighted by atomic mass is 9.90. The summed E-state index contributed by atoms with van der Waals surface area (Å²) in [5.74, 6) is -1.99. The van der Waals surface area contributed by atoms with Crippen LogP contribution in [0.3, 0.4) is 0 Å². The number of hydrogen-bond acceptors (Lipinski definition) is 5. The van der Waals surface area contributed by atoms with Crippen molar-refractivity contribution < 1.29 is 29.0 Å². The van der Waals surface area contributed by atoms with Gasteiger partial charge in [-0.2, -0.15) is 0 Å². The van der Waals surface area contributed by atoms with Gasteiger partial charge in [-0.3, -0.25) is 14.5 Å². The highest BCUT2D eigenvalue weighted by Crippen LogP contribution is 2.29. The van der Waals surface area contributed by atoms with E-state index in [0.29, 0.717) is 6.42 Å². The van der Waals surface area contributed by atoms with Crippen molar-refractivity contribution in [3.63, 3.8) is 0 Å². The molecule has 1 heterocycles. The van der Waals surface area contributed by atoms with Gasteiger partial charge in [0.15, 0.2) is 0 Å². The highest BCUT2D eigenvalue weighted by molar-refractivity contribution is 5.91. The van der Waals surface area contributed by atoms with E-state index in [-0.39, 0.29) is 31.5 Å². The number of carboxylic acids is 1. The van der Waals surface area contributed by atoms with Gasteiger partial charge >= 0.3 is 12.1 Å². The van der Waals surface area contributed by atoms with Crippen LogP contribution in [0.15, 0.2) is 54.6 Å². The summed E-state index contributed by atoms with van der Waals surface area (Å²) < 4.78 is 5.69. The summed E-state index contributed by atoms with van der Waals surface area (Å²) in [5, 5.41) is 12.4. The first-order chi connectivity index (χ1) is 19.5.